The molecule has 0 aromatic rings. The lowest BCUT2D eigenvalue weighted by Gasteiger charge is -2.02. The Balaban J connectivity index is 0.000000322. The van der Waals surface area contributed by atoms with Crippen LogP contribution in [0, 0.1) is 5.92 Å². The summed E-state index contributed by atoms with van der Waals surface area (Å²) in [5, 5.41) is 19.3. The van der Waals surface area contributed by atoms with Gasteiger partial charge in [0.2, 0.25) is 0 Å². The number of carboxylic acids is 2. The number of carboxylic acid groups (broad SMARTS) is 2. The average molecular weight is 219 g/mol. The van der Waals surface area contributed by atoms with Gasteiger partial charge in [0.1, 0.15) is 6.23 Å². The van der Waals surface area contributed by atoms with E-state index >= 15 is 0 Å². The lowest BCUT2D eigenvalue weighted by atomic mass is 10.1. The molecule has 0 aromatic carbocycles. The summed E-state index contributed by atoms with van der Waals surface area (Å²) >= 11 is 0. The third kappa shape index (κ3) is 10.8. The fourth-order valence-electron chi connectivity index (χ4n) is 0.883. The van der Waals surface area contributed by atoms with E-state index in [2.05, 4.69) is 5.32 Å². The number of epoxide rings is 1. The first kappa shape index (κ1) is 13.9. The number of hydrogen-bond donors (Lipinski definition) is 3. The van der Waals surface area contributed by atoms with Crippen LogP contribution in [0.15, 0.2) is 0 Å². The molecule has 1 saturated heterocycles. The first-order valence-corrected chi connectivity index (χ1v) is 4.68. The van der Waals surface area contributed by atoms with Crippen LogP contribution in [0.4, 0.5) is 0 Å². The zero-order chi connectivity index (χ0) is 11.8. The highest BCUT2D eigenvalue weighted by Gasteiger charge is 2.18. The molecule has 1 unspecified atom stereocenters. The highest BCUT2D eigenvalue weighted by Crippen LogP contribution is 2.06. The van der Waals surface area contributed by atoms with E-state index < -0.39 is 11.9 Å². The monoisotopic (exact) mass is 219 g/mol. The quantitative estimate of drug-likeness (QED) is 0.568. The van der Waals surface area contributed by atoms with E-state index in [1.165, 1.54) is 0 Å². The van der Waals surface area contributed by atoms with Crippen molar-refractivity contribution in [2.75, 3.05) is 13.7 Å². The molecule has 0 aromatic heterocycles. The second kappa shape index (κ2) is 7.19. The fourth-order valence-corrected chi connectivity index (χ4v) is 0.883. The lowest BCUT2D eigenvalue weighted by Crippen LogP contribution is -2.08. The molecule has 0 amide bonds. The van der Waals surface area contributed by atoms with E-state index in [1.807, 2.05) is 7.05 Å². The highest BCUT2D eigenvalue weighted by molar-refractivity contribution is 5.70. The summed E-state index contributed by atoms with van der Waals surface area (Å²) in [6.45, 7) is 2.50. The van der Waals surface area contributed by atoms with Gasteiger partial charge >= 0.3 is 11.9 Å². The summed E-state index contributed by atoms with van der Waals surface area (Å²) in [5.41, 5.74) is 0. The van der Waals surface area contributed by atoms with Crippen molar-refractivity contribution < 1.29 is 24.5 Å². The number of likely N-dealkylation sites (N-methyl/N-ethyl adjacent to an activating group) is 1. The Morgan fingerprint density at radius 2 is 1.80 bits per heavy atom. The Hall–Kier alpha value is -1.14. The van der Waals surface area contributed by atoms with E-state index in [4.69, 9.17) is 14.9 Å². The van der Waals surface area contributed by atoms with Gasteiger partial charge in [0, 0.05) is 12.8 Å². The van der Waals surface area contributed by atoms with E-state index in [-0.39, 0.29) is 18.8 Å². The molecule has 1 aliphatic heterocycles. The Bertz CT molecular complexity index is 199. The average Bonchev–Trinajstić information content (AvgIpc) is 2.83. The minimum absolute atomic E-state index is 0.0771. The van der Waals surface area contributed by atoms with Gasteiger partial charge in [-0.15, -0.1) is 0 Å². The maximum atomic E-state index is 10.00. The van der Waals surface area contributed by atoms with Gasteiger partial charge in [-0.2, -0.15) is 0 Å². The first-order valence-electron chi connectivity index (χ1n) is 4.68. The van der Waals surface area contributed by atoms with Crippen LogP contribution in [0.5, 0.6) is 0 Å². The van der Waals surface area contributed by atoms with Crippen LogP contribution < -0.4 is 5.32 Å². The largest absolute Gasteiger partial charge is 0.481 e. The van der Waals surface area contributed by atoms with E-state index in [0.29, 0.717) is 6.23 Å². The molecule has 1 heterocycles. The molecule has 88 valence electrons. The van der Waals surface area contributed by atoms with Crippen molar-refractivity contribution in [3.8, 4) is 0 Å². The molecule has 1 fully saturated rings. The Labute approximate surface area is 88.2 Å². The molecule has 0 bridgehead atoms. The number of rotatable bonds is 5. The number of carbonyl (C=O) groups is 2. The standard InChI is InChI=1S/C6H10O4.C3H7NO/c1-4(2-5(7)8)3-6(9)10;1-4-3-2-5-3/h4H,2-3H2,1H3,(H,7,8)(H,9,10);3-4H,2H2,1H3. The summed E-state index contributed by atoms with van der Waals surface area (Å²) in [7, 11) is 1.89. The maximum Gasteiger partial charge on any atom is 0.303 e. The second-order valence-electron chi connectivity index (χ2n) is 3.41. The summed E-state index contributed by atoms with van der Waals surface area (Å²) < 4.78 is 4.75. The number of nitrogens with one attached hydrogen (secondary N) is 1. The summed E-state index contributed by atoms with van der Waals surface area (Å²) in [4.78, 5) is 20.0. The van der Waals surface area contributed by atoms with Crippen LogP contribution in [0.25, 0.3) is 0 Å². The van der Waals surface area contributed by atoms with Gasteiger partial charge in [-0.3, -0.25) is 14.9 Å². The van der Waals surface area contributed by atoms with E-state index in [9.17, 15) is 9.59 Å². The van der Waals surface area contributed by atoms with E-state index in [1.54, 1.807) is 6.92 Å². The molecule has 6 heteroatoms. The molecule has 0 radical (unpaired) electrons. The van der Waals surface area contributed by atoms with Gasteiger partial charge in [0.25, 0.3) is 0 Å². The molecule has 3 N–H and O–H groups in total. The van der Waals surface area contributed by atoms with Crippen molar-refractivity contribution in [2.24, 2.45) is 5.92 Å². The third-order valence-corrected chi connectivity index (χ3v) is 1.70. The number of ether oxygens (including phenoxy) is 1. The number of hydrogen-bond acceptors (Lipinski definition) is 4. The van der Waals surface area contributed by atoms with Crippen LogP contribution in [0.1, 0.15) is 19.8 Å². The minimum Gasteiger partial charge on any atom is -0.481 e. The van der Waals surface area contributed by atoms with Crippen molar-refractivity contribution in [3.05, 3.63) is 0 Å². The predicted molar refractivity (Wildman–Crippen MR) is 52.5 cm³/mol. The fraction of sp³-hybridized carbons (Fsp3) is 0.778. The van der Waals surface area contributed by atoms with Crippen molar-refractivity contribution in [2.45, 2.75) is 26.0 Å². The highest BCUT2D eigenvalue weighted by atomic mass is 16.6. The first-order chi connectivity index (χ1) is 6.95. The molecular weight excluding hydrogens is 202 g/mol. The van der Waals surface area contributed by atoms with Gasteiger partial charge in [-0.1, -0.05) is 6.92 Å². The number of aliphatic carboxylic acids is 2. The Morgan fingerprint density at radius 1 is 1.40 bits per heavy atom. The zero-order valence-electron chi connectivity index (χ0n) is 8.90. The van der Waals surface area contributed by atoms with Crippen molar-refractivity contribution in [1.82, 2.24) is 5.32 Å². The summed E-state index contributed by atoms with van der Waals surface area (Å²) in [6, 6.07) is 0. The van der Waals surface area contributed by atoms with Crippen LogP contribution >= 0.6 is 0 Å². The SMILES string of the molecule is CC(CC(=O)O)CC(=O)O.CNC1CO1. The minimum atomic E-state index is -0.950. The molecule has 1 atom stereocenters. The van der Waals surface area contributed by atoms with Gasteiger partial charge in [-0.25, -0.2) is 0 Å². The van der Waals surface area contributed by atoms with Gasteiger partial charge < -0.3 is 14.9 Å². The molecule has 6 nitrogen and oxygen atoms in total. The van der Waals surface area contributed by atoms with Crippen molar-refractivity contribution in [1.29, 1.82) is 0 Å². The summed E-state index contributed by atoms with van der Waals surface area (Å²) in [5.74, 6) is -2.18. The topological polar surface area (TPSA) is 99.2 Å². The molecule has 1 aliphatic rings. The molecule has 0 spiro atoms. The van der Waals surface area contributed by atoms with Crippen LogP contribution in [0.3, 0.4) is 0 Å². The molecular formula is C9H17NO5. The lowest BCUT2D eigenvalue weighted by molar-refractivity contribution is -0.140. The smallest absolute Gasteiger partial charge is 0.303 e. The van der Waals surface area contributed by atoms with Crippen LogP contribution in [-0.2, 0) is 14.3 Å². The molecule has 15 heavy (non-hydrogen) atoms. The van der Waals surface area contributed by atoms with Gasteiger partial charge in [-0.05, 0) is 13.0 Å². The Kier molecular flexibility index (Phi) is 6.64. The molecule has 0 aliphatic carbocycles. The zero-order valence-corrected chi connectivity index (χ0v) is 8.90. The van der Waals surface area contributed by atoms with Crippen LogP contribution in [0.2, 0.25) is 0 Å². The summed E-state index contributed by atoms with van der Waals surface area (Å²) in [6.07, 6.45) is 0.230. The third-order valence-electron chi connectivity index (χ3n) is 1.70. The van der Waals surface area contributed by atoms with Crippen molar-refractivity contribution >= 4 is 11.9 Å². The maximum absolute atomic E-state index is 10.00. The molecule has 0 saturated carbocycles. The molecule has 1 rings (SSSR count). The van der Waals surface area contributed by atoms with E-state index in [0.717, 1.165) is 6.61 Å². The normalized spacial score (nSPS) is 17.9. The van der Waals surface area contributed by atoms with Crippen molar-refractivity contribution in [3.63, 3.8) is 0 Å². The Morgan fingerprint density at radius 3 is 1.93 bits per heavy atom. The predicted octanol–water partition coefficient (Wildman–Crippen LogP) is 0.134. The van der Waals surface area contributed by atoms with Gasteiger partial charge in [0.05, 0.1) is 6.61 Å². The van der Waals surface area contributed by atoms with Crippen LogP contribution in [-0.4, -0.2) is 42.0 Å². The van der Waals surface area contributed by atoms with Gasteiger partial charge in [0.15, 0.2) is 0 Å². The second-order valence-corrected chi connectivity index (χ2v) is 3.41.